The van der Waals surface area contributed by atoms with Crippen molar-refractivity contribution in [3.63, 3.8) is 0 Å². The third kappa shape index (κ3) is 5.20. The van der Waals surface area contributed by atoms with Crippen molar-refractivity contribution in [2.75, 3.05) is 24.7 Å². The fraction of sp³-hybridized carbons (Fsp3) is 0.250. The Hall–Kier alpha value is -2.20. The smallest absolute Gasteiger partial charge is 0.150 e. The third-order valence-electron chi connectivity index (χ3n) is 2.47. The first-order chi connectivity index (χ1) is 9.69. The van der Waals surface area contributed by atoms with E-state index >= 15 is 0 Å². The molecule has 0 bridgehead atoms. The molecule has 4 N–H and O–H groups in total. The van der Waals surface area contributed by atoms with Crippen molar-refractivity contribution >= 4 is 11.4 Å². The molecule has 0 aliphatic carbocycles. The van der Waals surface area contributed by atoms with Crippen LogP contribution in [0.25, 0.3) is 0 Å². The van der Waals surface area contributed by atoms with Crippen molar-refractivity contribution in [2.24, 2.45) is 0 Å². The molecule has 0 aromatic heterocycles. The van der Waals surface area contributed by atoms with E-state index in [1.807, 2.05) is 50.2 Å². The van der Waals surface area contributed by atoms with E-state index in [4.69, 9.17) is 20.9 Å². The predicted octanol–water partition coefficient (Wildman–Crippen LogP) is 3.69. The van der Waals surface area contributed by atoms with Crippen LogP contribution in [0.2, 0.25) is 0 Å². The standard InChI is InChI=1S/C12H12N2O.C4H10O/c13-9-5-1-3-7-11(9)15-12-8-4-2-6-10(12)14;1-3-5-4-2/h1-8H,13-14H2;3-4H2,1-2H3. The van der Waals surface area contributed by atoms with Crippen LogP contribution in [0.5, 0.6) is 11.5 Å². The van der Waals surface area contributed by atoms with E-state index in [1.165, 1.54) is 0 Å². The van der Waals surface area contributed by atoms with Gasteiger partial charge in [0.2, 0.25) is 0 Å². The summed E-state index contributed by atoms with van der Waals surface area (Å²) < 4.78 is 10.4. The van der Waals surface area contributed by atoms with Crippen molar-refractivity contribution in [1.29, 1.82) is 0 Å². The topological polar surface area (TPSA) is 70.5 Å². The van der Waals surface area contributed by atoms with E-state index in [9.17, 15) is 0 Å². The fourth-order valence-corrected chi connectivity index (χ4v) is 1.47. The Bertz CT molecular complexity index is 470. The number of benzene rings is 2. The van der Waals surface area contributed by atoms with E-state index in [0.717, 1.165) is 13.2 Å². The van der Waals surface area contributed by atoms with Crippen LogP contribution < -0.4 is 16.2 Å². The molecule has 2 aromatic carbocycles. The van der Waals surface area contributed by atoms with E-state index in [-0.39, 0.29) is 0 Å². The molecule has 0 fully saturated rings. The van der Waals surface area contributed by atoms with Gasteiger partial charge in [-0.3, -0.25) is 0 Å². The van der Waals surface area contributed by atoms with Gasteiger partial charge < -0.3 is 20.9 Å². The maximum atomic E-state index is 5.75. The fourth-order valence-electron chi connectivity index (χ4n) is 1.47. The Morgan fingerprint density at radius 3 is 1.45 bits per heavy atom. The zero-order valence-corrected chi connectivity index (χ0v) is 12.0. The van der Waals surface area contributed by atoms with Crippen molar-refractivity contribution < 1.29 is 9.47 Å². The Morgan fingerprint density at radius 1 is 0.750 bits per heavy atom. The molecule has 108 valence electrons. The van der Waals surface area contributed by atoms with Gasteiger partial charge >= 0.3 is 0 Å². The highest BCUT2D eigenvalue weighted by Gasteiger charge is 2.02. The molecule has 0 saturated heterocycles. The molecule has 4 nitrogen and oxygen atoms in total. The van der Waals surface area contributed by atoms with Crippen LogP contribution in [0.4, 0.5) is 11.4 Å². The Morgan fingerprint density at radius 2 is 1.15 bits per heavy atom. The van der Waals surface area contributed by atoms with Gasteiger partial charge in [0.05, 0.1) is 11.4 Å². The van der Waals surface area contributed by atoms with Crippen molar-refractivity contribution in [3.05, 3.63) is 48.5 Å². The SMILES string of the molecule is CCOCC.Nc1ccccc1Oc1ccccc1N. The first-order valence-electron chi connectivity index (χ1n) is 6.63. The highest BCUT2D eigenvalue weighted by atomic mass is 16.5. The minimum atomic E-state index is 0.598. The van der Waals surface area contributed by atoms with Crippen LogP contribution in [-0.2, 0) is 4.74 Å². The van der Waals surface area contributed by atoms with Crippen LogP contribution in [0.3, 0.4) is 0 Å². The van der Waals surface area contributed by atoms with E-state index in [0.29, 0.717) is 22.9 Å². The second-order valence-electron chi connectivity index (χ2n) is 3.96. The summed E-state index contributed by atoms with van der Waals surface area (Å²) in [7, 11) is 0. The van der Waals surface area contributed by atoms with Crippen molar-refractivity contribution in [2.45, 2.75) is 13.8 Å². The summed E-state index contributed by atoms with van der Waals surface area (Å²) in [5.41, 5.74) is 12.7. The number of ether oxygens (including phenoxy) is 2. The Kier molecular flexibility index (Phi) is 7.00. The molecule has 0 heterocycles. The number of nitrogen functional groups attached to an aromatic ring is 2. The lowest BCUT2D eigenvalue weighted by Crippen LogP contribution is -1.94. The predicted molar refractivity (Wildman–Crippen MR) is 83.9 cm³/mol. The summed E-state index contributed by atoms with van der Waals surface area (Å²) >= 11 is 0. The van der Waals surface area contributed by atoms with Gasteiger partial charge in [-0.25, -0.2) is 0 Å². The van der Waals surface area contributed by atoms with Gasteiger partial charge in [-0.2, -0.15) is 0 Å². The molecule has 0 atom stereocenters. The van der Waals surface area contributed by atoms with E-state index < -0.39 is 0 Å². The monoisotopic (exact) mass is 274 g/mol. The molecule has 0 amide bonds. The molecule has 0 unspecified atom stereocenters. The van der Waals surface area contributed by atoms with Crippen LogP contribution in [-0.4, -0.2) is 13.2 Å². The van der Waals surface area contributed by atoms with Crippen molar-refractivity contribution in [3.8, 4) is 11.5 Å². The van der Waals surface area contributed by atoms with Crippen LogP contribution in [0.1, 0.15) is 13.8 Å². The third-order valence-corrected chi connectivity index (χ3v) is 2.47. The van der Waals surface area contributed by atoms with Gasteiger partial charge in [-0.1, -0.05) is 24.3 Å². The van der Waals surface area contributed by atoms with Crippen LogP contribution in [0, 0.1) is 0 Å². The molecule has 0 aliphatic heterocycles. The molecule has 0 radical (unpaired) electrons. The minimum Gasteiger partial charge on any atom is -0.453 e. The zero-order valence-electron chi connectivity index (χ0n) is 12.0. The van der Waals surface area contributed by atoms with Crippen LogP contribution >= 0.6 is 0 Å². The van der Waals surface area contributed by atoms with Gasteiger partial charge in [-0.05, 0) is 38.1 Å². The molecule has 0 aliphatic rings. The maximum Gasteiger partial charge on any atom is 0.150 e. The number of rotatable bonds is 4. The Labute approximate surface area is 120 Å². The summed E-state index contributed by atoms with van der Waals surface area (Å²) in [5, 5.41) is 0. The average molecular weight is 274 g/mol. The molecular formula is C16H22N2O2. The first-order valence-corrected chi connectivity index (χ1v) is 6.63. The molecule has 2 aromatic rings. The maximum absolute atomic E-state index is 5.75. The molecule has 0 saturated carbocycles. The second kappa shape index (κ2) is 8.82. The van der Waals surface area contributed by atoms with Crippen molar-refractivity contribution in [1.82, 2.24) is 0 Å². The zero-order chi connectivity index (χ0) is 14.8. The summed E-state index contributed by atoms with van der Waals surface area (Å²) in [5.74, 6) is 1.24. The molecule has 20 heavy (non-hydrogen) atoms. The van der Waals surface area contributed by atoms with Gasteiger partial charge in [0.15, 0.2) is 0 Å². The second-order valence-corrected chi connectivity index (χ2v) is 3.96. The lowest BCUT2D eigenvalue weighted by molar-refractivity contribution is 0.162. The normalized spacial score (nSPS) is 9.50. The van der Waals surface area contributed by atoms with Gasteiger partial charge in [0.1, 0.15) is 11.5 Å². The minimum absolute atomic E-state index is 0.598. The highest BCUT2D eigenvalue weighted by molar-refractivity contribution is 5.58. The molecular weight excluding hydrogens is 252 g/mol. The van der Waals surface area contributed by atoms with Crippen LogP contribution in [0.15, 0.2) is 48.5 Å². The summed E-state index contributed by atoms with van der Waals surface area (Å²) in [6, 6.07) is 14.6. The number of hydrogen-bond acceptors (Lipinski definition) is 4. The molecule has 0 spiro atoms. The summed E-state index contributed by atoms with van der Waals surface area (Å²) in [4.78, 5) is 0. The number of nitrogens with two attached hydrogens (primary N) is 2. The summed E-state index contributed by atoms with van der Waals surface area (Å²) in [6.45, 7) is 5.67. The quantitative estimate of drug-likeness (QED) is 0.834. The largest absolute Gasteiger partial charge is 0.453 e. The van der Waals surface area contributed by atoms with Gasteiger partial charge in [0.25, 0.3) is 0 Å². The highest BCUT2D eigenvalue weighted by Crippen LogP contribution is 2.30. The molecule has 2 rings (SSSR count). The number of anilines is 2. The average Bonchev–Trinajstić information content (AvgIpc) is 2.45. The van der Waals surface area contributed by atoms with Gasteiger partial charge in [-0.15, -0.1) is 0 Å². The molecule has 4 heteroatoms. The first kappa shape index (κ1) is 15.9. The van der Waals surface area contributed by atoms with Gasteiger partial charge in [0, 0.05) is 13.2 Å². The lowest BCUT2D eigenvalue weighted by Gasteiger charge is -2.09. The number of para-hydroxylation sites is 4. The number of hydrogen-bond donors (Lipinski definition) is 2. The summed E-state index contributed by atoms with van der Waals surface area (Å²) in [6.07, 6.45) is 0. The van der Waals surface area contributed by atoms with E-state index in [1.54, 1.807) is 12.1 Å². The lowest BCUT2D eigenvalue weighted by atomic mass is 10.3. The Balaban J connectivity index is 0.000000347. The van der Waals surface area contributed by atoms with E-state index in [2.05, 4.69) is 0 Å².